The number of aromatic nitrogens is 1. The predicted molar refractivity (Wildman–Crippen MR) is 112 cm³/mol. The van der Waals surface area contributed by atoms with Crippen molar-refractivity contribution < 1.29 is 18.3 Å². The van der Waals surface area contributed by atoms with Crippen LogP contribution in [0.2, 0.25) is 5.02 Å². The standard InChI is InChI=1S/C19H18BrClN2O4S/c20-19-16(9-11-22-28(26,27)14-7-5-13(21)6-8-14)15-3-1-2-4-17(15)23(19)12-10-18(24)25/h1-8,22H,9-12H2,(H,24,25). The molecule has 0 aliphatic rings. The number of carboxylic acid groups (broad SMARTS) is 1. The molecule has 0 spiro atoms. The summed E-state index contributed by atoms with van der Waals surface area (Å²) in [6.45, 7) is 0.531. The summed E-state index contributed by atoms with van der Waals surface area (Å²) in [5, 5.41) is 10.4. The Hall–Kier alpha value is -1.87. The number of aryl methyl sites for hydroxylation is 1. The fourth-order valence-corrected chi connectivity index (χ4v) is 4.95. The Labute approximate surface area is 176 Å². The maximum absolute atomic E-state index is 12.4. The normalized spacial score (nSPS) is 11.8. The molecule has 0 saturated heterocycles. The molecule has 0 fully saturated rings. The summed E-state index contributed by atoms with van der Waals surface area (Å²) < 4.78 is 30.1. The van der Waals surface area contributed by atoms with Gasteiger partial charge in [-0.3, -0.25) is 4.79 Å². The number of para-hydroxylation sites is 1. The fourth-order valence-electron chi connectivity index (χ4n) is 3.02. The Bertz CT molecular complexity index is 1110. The second kappa shape index (κ2) is 8.65. The number of aliphatic carboxylic acids is 1. The molecule has 0 amide bonds. The lowest BCUT2D eigenvalue weighted by Gasteiger charge is -2.08. The van der Waals surface area contributed by atoms with Crippen molar-refractivity contribution in [1.82, 2.24) is 9.29 Å². The van der Waals surface area contributed by atoms with Gasteiger partial charge in [-0.2, -0.15) is 0 Å². The first-order valence-corrected chi connectivity index (χ1v) is 11.2. The lowest BCUT2D eigenvalue weighted by Crippen LogP contribution is -2.26. The first-order chi connectivity index (χ1) is 13.3. The van der Waals surface area contributed by atoms with Crippen LogP contribution >= 0.6 is 27.5 Å². The maximum atomic E-state index is 12.4. The minimum Gasteiger partial charge on any atom is -0.481 e. The average molecular weight is 486 g/mol. The van der Waals surface area contributed by atoms with Gasteiger partial charge in [-0.05, 0) is 58.2 Å². The Morgan fingerprint density at radius 2 is 1.82 bits per heavy atom. The van der Waals surface area contributed by atoms with Crippen LogP contribution in [0.25, 0.3) is 10.9 Å². The van der Waals surface area contributed by atoms with Crippen LogP contribution < -0.4 is 4.72 Å². The van der Waals surface area contributed by atoms with E-state index < -0.39 is 16.0 Å². The van der Waals surface area contributed by atoms with Gasteiger partial charge in [0.1, 0.15) is 0 Å². The third kappa shape index (κ3) is 4.57. The third-order valence-corrected chi connectivity index (χ3v) is 6.98. The fraction of sp³-hybridized carbons (Fsp3) is 0.211. The van der Waals surface area contributed by atoms with E-state index in [1.807, 2.05) is 28.8 Å². The average Bonchev–Trinajstić information content (AvgIpc) is 2.92. The first kappa shape index (κ1) is 20.9. The van der Waals surface area contributed by atoms with Gasteiger partial charge in [-0.15, -0.1) is 0 Å². The summed E-state index contributed by atoms with van der Waals surface area (Å²) in [7, 11) is -3.64. The molecular formula is C19H18BrClN2O4S. The van der Waals surface area contributed by atoms with E-state index in [0.717, 1.165) is 21.1 Å². The summed E-state index contributed by atoms with van der Waals surface area (Å²) >= 11 is 9.36. The molecule has 1 aromatic heterocycles. The number of hydrogen-bond donors (Lipinski definition) is 2. The predicted octanol–water partition coefficient (Wildman–Crippen LogP) is 4.05. The minimum atomic E-state index is -3.64. The number of hydrogen-bond acceptors (Lipinski definition) is 3. The smallest absolute Gasteiger partial charge is 0.305 e. The molecule has 0 aliphatic carbocycles. The third-order valence-electron chi connectivity index (χ3n) is 4.35. The van der Waals surface area contributed by atoms with Gasteiger partial charge in [0.2, 0.25) is 10.0 Å². The van der Waals surface area contributed by atoms with Gasteiger partial charge < -0.3 is 9.67 Å². The number of halogens is 2. The number of carboxylic acids is 1. The molecule has 2 aromatic carbocycles. The molecule has 0 atom stereocenters. The van der Waals surface area contributed by atoms with Gasteiger partial charge in [-0.1, -0.05) is 29.8 Å². The molecule has 2 N–H and O–H groups in total. The first-order valence-electron chi connectivity index (χ1n) is 8.52. The van der Waals surface area contributed by atoms with Crippen molar-refractivity contribution in [3.05, 3.63) is 63.7 Å². The van der Waals surface area contributed by atoms with Crippen LogP contribution in [0, 0.1) is 0 Å². The van der Waals surface area contributed by atoms with E-state index in [2.05, 4.69) is 20.7 Å². The molecule has 0 unspecified atom stereocenters. The van der Waals surface area contributed by atoms with Crippen molar-refractivity contribution in [2.24, 2.45) is 0 Å². The van der Waals surface area contributed by atoms with Crippen LogP contribution in [0.5, 0.6) is 0 Å². The van der Waals surface area contributed by atoms with E-state index in [1.54, 1.807) is 0 Å². The van der Waals surface area contributed by atoms with Crippen molar-refractivity contribution in [3.63, 3.8) is 0 Å². The van der Waals surface area contributed by atoms with Gasteiger partial charge in [0.05, 0.1) is 15.9 Å². The zero-order valence-corrected chi connectivity index (χ0v) is 17.9. The van der Waals surface area contributed by atoms with Gasteiger partial charge >= 0.3 is 5.97 Å². The molecule has 0 aliphatic heterocycles. The van der Waals surface area contributed by atoms with Crippen LogP contribution in [0.4, 0.5) is 0 Å². The van der Waals surface area contributed by atoms with Crippen LogP contribution in [0.1, 0.15) is 12.0 Å². The Morgan fingerprint density at radius 1 is 1.14 bits per heavy atom. The van der Waals surface area contributed by atoms with Crippen LogP contribution in [0.3, 0.4) is 0 Å². The monoisotopic (exact) mass is 484 g/mol. The molecule has 0 saturated carbocycles. The van der Waals surface area contributed by atoms with Crippen molar-refractivity contribution in [2.45, 2.75) is 24.3 Å². The van der Waals surface area contributed by atoms with Crippen LogP contribution in [0.15, 0.2) is 58.0 Å². The highest BCUT2D eigenvalue weighted by Gasteiger charge is 2.17. The summed E-state index contributed by atoms with van der Waals surface area (Å²) in [5.74, 6) is -0.873. The van der Waals surface area contributed by atoms with E-state index in [-0.39, 0.29) is 17.9 Å². The highest BCUT2D eigenvalue weighted by atomic mass is 79.9. The van der Waals surface area contributed by atoms with Gasteiger partial charge in [0, 0.05) is 29.0 Å². The number of sulfonamides is 1. The zero-order chi connectivity index (χ0) is 20.3. The highest BCUT2D eigenvalue weighted by molar-refractivity contribution is 9.10. The number of fused-ring (bicyclic) bond motifs is 1. The van der Waals surface area contributed by atoms with Gasteiger partial charge in [0.25, 0.3) is 0 Å². The van der Waals surface area contributed by atoms with E-state index in [9.17, 15) is 13.2 Å². The Balaban J connectivity index is 1.80. The molecule has 148 valence electrons. The summed E-state index contributed by atoms with van der Waals surface area (Å²) in [4.78, 5) is 11.1. The maximum Gasteiger partial charge on any atom is 0.305 e. The van der Waals surface area contributed by atoms with Crippen LogP contribution in [-0.4, -0.2) is 30.6 Å². The van der Waals surface area contributed by atoms with E-state index in [4.69, 9.17) is 16.7 Å². The van der Waals surface area contributed by atoms with Crippen molar-refractivity contribution in [2.75, 3.05) is 6.54 Å². The second-order valence-electron chi connectivity index (χ2n) is 6.18. The molecule has 0 radical (unpaired) electrons. The molecule has 6 nitrogen and oxygen atoms in total. The number of nitrogens with zero attached hydrogens (tertiary/aromatic N) is 1. The lowest BCUT2D eigenvalue weighted by atomic mass is 10.1. The summed E-state index contributed by atoms with van der Waals surface area (Å²) in [6, 6.07) is 13.6. The Kier molecular flexibility index (Phi) is 6.44. The van der Waals surface area contributed by atoms with Gasteiger partial charge in [-0.25, -0.2) is 13.1 Å². The van der Waals surface area contributed by atoms with Crippen molar-refractivity contribution >= 4 is 54.4 Å². The number of rotatable bonds is 8. The summed E-state index contributed by atoms with van der Waals surface area (Å²) in [6.07, 6.45) is 0.452. The summed E-state index contributed by atoms with van der Waals surface area (Å²) in [5.41, 5.74) is 1.84. The number of benzene rings is 2. The van der Waals surface area contributed by atoms with Crippen molar-refractivity contribution in [1.29, 1.82) is 0 Å². The van der Waals surface area contributed by atoms with Crippen LogP contribution in [-0.2, 0) is 27.8 Å². The van der Waals surface area contributed by atoms with Crippen molar-refractivity contribution in [3.8, 4) is 0 Å². The number of carbonyl (C=O) groups is 1. The van der Waals surface area contributed by atoms with Gasteiger partial charge in [0.15, 0.2) is 0 Å². The van der Waals surface area contributed by atoms with E-state index >= 15 is 0 Å². The SMILES string of the molecule is O=C(O)CCn1c(Br)c(CCNS(=O)(=O)c2ccc(Cl)cc2)c2ccccc21. The minimum absolute atomic E-state index is 0.0000890. The quantitative estimate of drug-likeness (QED) is 0.504. The molecule has 3 aromatic rings. The topological polar surface area (TPSA) is 88.4 Å². The largest absolute Gasteiger partial charge is 0.481 e. The Morgan fingerprint density at radius 3 is 2.50 bits per heavy atom. The second-order valence-corrected chi connectivity index (χ2v) is 9.14. The zero-order valence-electron chi connectivity index (χ0n) is 14.7. The molecule has 1 heterocycles. The molecule has 0 bridgehead atoms. The van der Waals surface area contributed by atoms with E-state index in [0.29, 0.717) is 18.0 Å². The molecule has 9 heteroatoms. The number of nitrogens with one attached hydrogen (secondary N) is 1. The van der Waals surface area contributed by atoms with E-state index in [1.165, 1.54) is 24.3 Å². The highest BCUT2D eigenvalue weighted by Crippen LogP contribution is 2.31. The lowest BCUT2D eigenvalue weighted by molar-refractivity contribution is -0.137. The molecule has 3 rings (SSSR count). The molecular weight excluding hydrogens is 468 g/mol. The molecule has 28 heavy (non-hydrogen) atoms.